The van der Waals surface area contributed by atoms with Crippen LogP contribution in [0.25, 0.3) is 0 Å². The molecule has 0 aliphatic carbocycles. The Bertz CT molecular complexity index is 1540. The third-order valence-electron chi connectivity index (χ3n) is 9.08. The lowest BCUT2D eigenvalue weighted by atomic mass is 10.1. The highest BCUT2D eigenvalue weighted by atomic mass is 15.6. The number of anilines is 4. The van der Waals surface area contributed by atoms with Gasteiger partial charge in [0.25, 0.3) is 0 Å². The van der Waals surface area contributed by atoms with Gasteiger partial charge in [-0.15, -0.1) is 0 Å². The monoisotopic (exact) mass is 641 g/mol. The molecule has 48 heavy (non-hydrogen) atoms. The van der Waals surface area contributed by atoms with Crippen LogP contribution >= 0.6 is 0 Å². The van der Waals surface area contributed by atoms with Gasteiger partial charge >= 0.3 is 0 Å². The van der Waals surface area contributed by atoms with E-state index in [1.165, 1.54) is 79.3 Å². The molecule has 0 radical (unpaired) electrons. The first-order chi connectivity index (χ1) is 23.6. The Balaban J connectivity index is 1.55. The number of aromatic nitrogens is 2. The van der Waals surface area contributed by atoms with Crippen molar-refractivity contribution in [2.24, 2.45) is 0 Å². The van der Waals surface area contributed by atoms with Crippen molar-refractivity contribution in [3.05, 3.63) is 131 Å². The van der Waals surface area contributed by atoms with Gasteiger partial charge in [0.05, 0.1) is 12.2 Å². The van der Waals surface area contributed by atoms with Crippen molar-refractivity contribution in [1.29, 1.82) is 0 Å². The van der Waals surface area contributed by atoms with Gasteiger partial charge in [0.2, 0.25) is 0 Å². The number of nitrogens with zero attached hydrogens (tertiary/aromatic N) is 5. The van der Waals surface area contributed by atoms with Gasteiger partial charge in [0, 0.05) is 30.0 Å². The number of unbranched alkanes of at least 4 members (excludes halogenated alkanes) is 4. The molecule has 2 aromatic carbocycles. The summed E-state index contributed by atoms with van der Waals surface area (Å²) in [5, 5.41) is 4.62. The van der Waals surface area contributed by atoms with Crippen molar-refractivity contribution in [2.75, 3.05) is 16.5 Å². The minimum atomic E-state index is 0.663. The molecular weight excluding hydrogens is 587 g/mol. The van der Waals surface area contributed by atoms with Gasteiger partial charge in [-0.05, 0) is 134 Å². The zero-order valence-electron chi connectivity index (χ0n) is 29.7. The molecule has 0 spiro atoms. The van der Waals surface area contributed by atoms with Crippen molar-refractivity contribution in [3.63, 3.8) is 0 Å². The Labute approximate surface area is 290 Å². The zero-order chi connectivity index (χ0) is 33.6. The van der Waals surface area contributed by atoms with E-state index in [1.54, 1.807) is 0 Å². The Kier molecular flexibility index (Phi) is 13.3. The van der Waals surface area contributed by atoms with Gasteiger partial charge in [-0.25, -0.2) is 15.0 Å². The van der Waals surface area contributed by atoms with E-state index in [1.807, 2.05) is 12.4 Å². The molecular formula is C43H55N5. The lowest BCUT2D eigenvalue weighted by Gasteiger charge is -2.39. The number of hydrazine groups is 1. The number of allylic oxidation sites excluding steroid dienone is 2. The Morgan fingerprint density at radius 1 is 0.583 bits per heavy atom. The fourth-order valence-electron chi connectivity index (χ4n) is 6.35. The standard InChI is InChI=1S/C43H55N5/c1-5-9-16-35-20-13-22-39(30-35)47(42-32-37(18-11-7-3)25-27-44-42)41-24-15-29-46(34-41)48(40-23-14-21-36(31-40)17-10-6-2)43-33-38(19-12-8-4)26-28-45-43/h13-15,20-33H,5-12,16-19,34H2,1-4H3. The van der Waals surface area contributed by atoms with E-state index in [2.05, 4.69) is 134 Å². The lowest BCUT2D eigenvalue weighted by molar-refractivity contribution is 0.404. The molecule has 0 atom stereocenters. The van der Waals surface area contributed by atoms with Crippen LogP contribution in [0.1, 0.15) is 101 Å². The van der Waals surface area contributed by atoms with Gasteiger partial charge in [0.1, 0.15) is 5.82 Å². The number of aryl methyl sites for hydroxylation is 4. The van der Waals surface area contributed by atoms with Gasteiger partial charge in [0.15, 0.2) is 5.82 Å². The van der Waals surface area contributed by atoms with Crippen LogP contribution in [-0.2, 0) is 25.7 Å². The third-order valence-corrected chi connectivity index (χ3v) is 9.08. The molecule has 5 rings (SSSR count). The summed E-state index contributed by atoms with van der Waals surface area (Å²) in [5.74, 6) is 1.90. The molecule has 1 aliphatic heterocycles. The Morgan fingerprint density at radius 3 is 1.67 bits per heavy atom. The summed E-state index contributed by atoms with van der Waals surface area (Å²) in [4.78, 5) is 12.3. The van der Waals surface area contributed by atoms with E-state index < -0.39 is 0 Å². The van der Waals surface area contributed by atoms with Crippen LogP contribution in [0.3, 0.4) is 0 Å². The molecule has 3 heterocycles. The van der Waals surface area contributed by atoms with Crippen LogP contribution in [0.2, 0.25) is 0 Å². The maximum atomic E-state index is 4.97. The predicted molar refractivity (Wildman–Crippen MR) is 204 cm³/mol. The average molecular weight is 642 g/mol. The largest absolute Gasteiger partial charge is 0.297 e. The van der Waals surface area contributed by atoms with Crippen molar-refractivity contribution < 1.29 is 0 Å². The number of rotatable bonds is 18. The van der Waals surface area contributed by atoms with E-state index in [-0.39, 0.29) is 0 Å². The van der Waals surface area contributed by atoms with Crippen LogP contribution in [-0.4, -0.2) is 21.5 Å². The fourth-order valence-corrected chi connectivity index (χ4v) is 6.35. The minimum absolute atomic E-state index is 0.663. The van der Waals surface area contributed by atoms with Crippen molar-refractivity contribution in [2.45, 2.75) is 105 Å². The highest BCUT2D eigenvalue weighted by molar-refractivity contribution is 5.68. The van der Waals surface area contributed by atoms with E-state index >= 15 is 0 Å². The maximum absolute atomic E-state index is 4.97. The van der Waals surface area contributed by atoms with Crippen LogP contribution in [0.5, 0.6) is 0 Å². The molecule has 5 heteroatoms. The van der Waals surface area contributed by atoms with Crippen molar-refractivity contribution in [3.8, 4) is 0 Å². The molecule has 252 valence electrons. The molecule has 2 aromatic heterocycles. The molecule has 1 aliphatic rings. The van der Waals surface area contributed by atoms with Crippen LogP contribution in [0.15, 0.2) is 109 Å². The second kappa shape index (κ2) is 18.2. The second-order valence-corrected chi connectivity index (χ2v) is 13.0. The quantitative estimate of drug-likeness (QED) is 0.108. The van der Waals surface area contributed by atoms with Gasteiger partial charge < -0.3 is 0 Å². The summed E-state index contributed by atoms with van der Waals surface area (Å²) < 4.78 is 0. The summed E-state index contributed by atoms with van der Waals surface area (Å²) in [5.41, 5.74) is 8.82. The SMILES string of the molecule is CCCCc1cccc(N(C2=CC=CN(N(c3cccc(CCCC)c3)c3cc(CCCC)ccn3)C2)c2cc(CCCC)ccn2)c1. The summed E-state index contributed by atoms with van der Waals surface area (Å²) in [7, 11) is 0. The van der Waals surface area contributed by atoms with Gasteiger partial charge in [-0.2, -0.15) is 0 Å². The highest BCUT2D eigenvalue weighted by Gasteiger charge is 2.25. The molecule has 5 nitrogen and oxygen atoms in total. The van der Waals surface area contributed by atoms with Crippen molar-refractivity contribution in [1.82, 2.24) is 15.0 Å². The molecule has 0 bridgehead atoms. The number of pyridine rings is 2. The van der Waals surface area contributed by atoms with Crippen LogP contribution in [0.4, 0.5) is 23.0 Å². The summed E-state index contributed by atoms with van der Waals surface area (Å²) in [6, 6.07) is 26.9. The molecule has 0 N–H and O–H groups in total. The molecule has 0 saturated heterocycles. The van der Waals surface area contributed by atoms with E-state index in [4.69, 9.17) is 9.97 Å². The molecule has 0 saturated carbocycles. The van der Waals surface area contributed by atoms with E-state index in [0.717, 1.165) is 48.7 Å². The van der Waals surface area contributed by atoms with Crippen LogP contribution in [0, 0.1) is 0 Å². The van der Waals surface area contributed by atoms with E-state index in [9.17, 15) is 0 Å². The Hall–Kier alpha value is -4.38. The zero-order valence-corrected chi connectivity index (χ0v) is 29.7. The summed E-state index contributed by atoms with van der Waals surface area (Å²) >= 11 is 0. The first-order valence-electron chi connectivity index (χ1n) is 18.4. The fraction of sp³-hybridized carbons (Fsp3) is 0.395. The molecule has 0 fully saturated rings. The van der Waals surface area contributed by atoms with E-state index in [0.29, 0.717) is 6.54 Å². The minimum Gasteiger partial charge on any atom is -0.297 e. The lowest BCUT2D eigenvalue weighted by Crippen LogP contribution is -2.41. The smallest absolute Gasteiger partial charge is 0.152 e. The topological polar surface area (TPSA) is 35.5 Å². The second-order valence-electron chi connectivity index (χ2n) is 13.0. The third kappa shape index (κ3) is 9.37. The van der Waals surface area contributed by atoms with Crippen molar-refractivity contribution >= 4 is 23.0 Å². The number of hydrogen-bond donors (Lipinski definition) is 0. The summed E-state index contributed by atoms with van der Waals surface area (Å²) in [6.45, 7) is 9.69. The number of benzene rings is 2. The first kappa shape index (κ1) is 34.9. The average Bonchev–Trinajstić information content (AvgIpc) is 3.12. The summed E-state index contributed by atoms with van der Waals surface area (Å²) in [6.07, 6.45) is 24.2. The molecule has 0 unspecified atom stereocenters. The number of hydrogen-bond acceptors (Lipinski definition) is 5. The highest BCUT2D eigenvalue weighted by Crippen LogP contribution is 2.35. The predicted octanol–water partition coefficient (Wildman–Crippen LogP) is 11.5. The first-order valence-corrected chi connectivity index (χ1v) is 18.4. The van der Waals surface area contributed by atoms with Gasteiger partial charge in [-0.1, -0.05) is 77.6 Å². The van der Waals surface area contributed by atoms with Gasteiger partial charge in [-0.3, -0.25) is 9.91 Å². The normalized spacial score (nSPS) is 12.7. The molecule has 4 aromatic rings. The maximum Gasteiger partial charge on any atom is 0.152 e. The Morgan fingerprint density at radius 2 is 1.08 bits per heavy atom. The van der Waals surface area contributed by atoms with Crippen LogP contribution < -0.4 is 9.91 Å². The molecule has 0 amide bonds.